The monoisotopic (exact) mass is 289 g/mol. The number of hydrogen-bond acceptors (Lipinski definition) is 4. The molecule has 0 bridgehead atoms. The number of anilines is 1. The Morgan fingerprint density at radius 2 is 2.33 bits per heavy atom. The lowest BCUT2D eigenvalue weighted by molar-refractivity contribution is -0.123. The standard InChI is InChI=1S/C14H16FN5O/c1-9-17-12-6-5-10(8-20(12)18-9)14(21)19(2)13-11(15)4-3-7-16-13/h3-4,7,10H,5-6,8H2,1-2H3/t10-/m0/s1. The zero-order valence-electron chi connectivity index (χ0n) is 12.0. The third-order valence-corrected chi connectivity index (χ3v) is 3.70. The first-order chi connectivity index (χ1) is 10.1. The third kappa shape index (κ3) is 2.51. The minimum Gasteiger partial charge on any atom is -0.297 e. The van der Waals surface area contributed by atoms with Gasteiger partial charge in [-0.25, -0.2) is 19.0 Å². The molecule has 0 radical (unpaired) electrons. The smallest absolute Gasteiger partial charge is 0.232 e. The molecule has 0 unspecified atom stereocenters. The molecule has 3 rings (SSSR count). The number of amides is 1. The molecule has 0 fully saturated rings. The van der Waals surface area contributed by atoms with E-state index in [9.17, 15) is 9.18 Å². The van der Waals surface area contributed by atoms with Gasteiger partial charge in [-0.15, -0.1) is 0 Å². The van der Waals surface area contributed by atoms with Gasteiger partial charge in [0, 0.05) is 19.7 Å². The van der Waals surface area contributed by atoms with Gasteiger partial charge in [0.05, 0.1) is 12.5 Å². The highest BCUT2D eigenvalue weighted by molar-refractivity contribution is 5.93. The summed E-state index contributed by atoms with van der Waals surface area (Å²) in [5, 5.41) is 4.28. The molecule has 1 aliphatic rings. The molecule has 1 amide bonds. The van der Waals surface area contributed by atoms with Crippen LogP contribution < -0.4 is 4.90 Å². The van der Waals surface area contributed by atoms with Crippen LogP contribution in [0.25, 0.3) is 0 Å². The van der Waals surface area contributed by atoms with Gasteiger partial charge < -0.3 is 0 Å². The number of hydrogen-bond donors (Lipinski definition) is 0. The zero-order chi connectivity index (χ0) is 15.0. The first-order valence-corrected chi connectivity index (χ1v) is 6.84. The molecule has 2 aromatic heterocycles. The second-order valence-electron chi connectivity index (χ2n) is 5.20. The molecule has 1 aliphatic heterocycles. The van der Waals surface area contributed by atoms with Crippen molar-refractivity contribution < 1.29 is 9.18 Å². The first kappa shape index (κ1) is 13.7. The fraction of sp³-hybridized carbons (Fsp3) is 0.429. The molecule has 0 N–H and O–H groups in total. The number of rotatable bonds is 2. The van der Waals surface area contributed by atoms with Crippen LogP contribution in [-0.2, 0) is 17.8 Å². The lowest BCUT2D eigenvalue weighted by Crippen LogP contribution is -2.38. The number of carbonyl (C=O) groups excluding carboxylic acids is 1. The van der Waals surface area contributed by atoms with Gasteiger partial charge in [-0.3, -0.25) is 9.69 Å². The molecule has 1 atom stereocenters. The summed E-state index contributed by atoms with van der Waals surface area (Å²) in [4.78, 5) is 22.1. The molecule has 3 heterocycles. The Hall–Kier alpha value is -2.31. The van der Waals surface area contributed by atoms with E-state index >= 15 is 0 Å². The van der Waals surface area contributed by atoms with E-state index in [4.69, 9.17) is 0 Å². The maximum Gasteiger partial charge on any atom is 0.232 e. The van der Waals surface area contributed by atoms with Crippen molar-refractivity contribution in [3.05, 3.63) is 35.8 Å². The van der Waals surface area contributed by atoms with Crippen molar-refractivity contribution in [1.82, 2.24) is 19.7 Å². The molecule has 0 spiro atoms. The molecule has 7 heteroatoms. The average molecular weight is 289 g/mol. The molecule has 2 aromatic rings. The first-order valence-electron chi connectivity index (χ1n) is 6.84. The topological polar surface area (TPSA) is 63.9 Å². The predicted octanol–water partition coefficient (Wildman–Crippen LogP) is 1.35. The van der Waals surface area contributed by atoms with Crippen molar-refractivity contribution in [3.8, 4) is 0 Å². The second-order valence-corrected chi connectivity index (χ2v) is 5.20. The highest BCUT2D eigenvalue weighted by Crippen LogP contribution is 2.23. The summed E-state index contributed by atoms with van der Waals surface area (Å²) in [6.45, 7) is 2.31. The minimum atomic E-state index is -0.499. The van der Waals surface area contributed by atoms with E-state index in [1.54, 1.807) is 11.7 Å². The second kappa shape index (κ2) is 5.23. The van der Waals surface area contributed by atoms with Crippen molar-refractivity contribution in [2.45, 2.75) is 26.3 Å². The quantitative estimate of drug-likeness (QED) is 0.837. The van der Waals surface area contributed by atoms with E-state index in [1.165, 1.54) is 23.2 Å². The van der Waals surface area contributed by atoms with Crippen molar-refractivity contribution in [1.29, 1.82) is 0 Å². The Morgan fingerprint density at radius 3 is 3.10 bits per heavy atom. The van der Waals surface area contributed by atoms with Crippen LogP contribution in [0.1, 0.15) is 18.1 Å². The Morgan fingerprint density at radius 1 is 1.52 bits per heavy atom. The Bertz CT molecular complexity index is 684. The largest absolute Gasteiger partial charge is 0.297 e. The molecule has 0 saturated heterocycles. The van der Waals surface area contributed by atoms with E-state index in [1.807, 2.05) is 6.92 Å². The third-order valence-electron chi connectivity index (χ3n) is 3.70. The number of aryl methyl sites for hydroxylation is 2. The Balaban J connectivity index is 1.79. The van der Waals surface area contributed by atoms with Gasteiger partial charge in [0.25, 0.3) is 0 Å². The van der Waals surface area contributed by atoms with Crippen LogP contribution in [0.4, 0.5) is 10.2 Å². The van der Waals surface area contributed by atoms with Crippen LogP contribution in [0, 0.1) is 18.7 Å². The van der Waals surface area contributed by atoms with E-state index < -0.39 is 5.82 Å². The van der Waals surface area contributed by atoms with Gasteiger partial charge in [0.15, 0.2) is 11.6 Å². The van der Waals surface area contributed by atoms with Gasteiger partial charge in [0.2, 0.25) is 5.91 Å². The molecular formula is C14H16FN5O. The molecule has 110 valence electrons. The van der Waals surface area contributed by atoms with Gasteiger partial charge in [0.1, 0.15) is 11.6 Å². The summed E-state index contributed by atoms with van der Waals surface area (Å²) in [6.07, 6.45) is 2.87. The highest BCUT2D eigenvalue weighted by atomic mass is 19.1. The number of nitrogens with zero attached hydrogens (tertiary/aromatic N) is 5. The van der Waals surface area contributed by atoms with Gasteiger partial charge in [-0.1, -0.05) is 0 Å². The van der Waals surface area contributed by atoms with Crippen LogP contribution in [0.2, 0.25) is 0 Å². The molecular weight excluding hydrogens is 273 g/mol. The molecule has 21 heavy (non-hydrogen) atoms. The Kier molecular flexibility index (Phi) is 3.40. The van der Waals surface area contributed by atoms with Crippen LogP contribution in [0.3, 0.4) is 0 Å². The van der Waals surface area contributed by atoms with Crippen molar-refractivity contribution in [3.63, 3.8) is 0 Å². The van der Waals surface area contributed by atoms with Crippen molar-refractivity contribution >= 4 is 11.7 Å². The summed E-state index contributed by atoms with van der Waals surface area (Å²) in [6, 6.07) is 2.80. The Labute approximate surface area is 121 Å². The van der Waals surface area contributed by atoms with E-state index in [0.717, 1.165) is 5.82 Å². The maximum absolute atomic E-state index is 13.7. The minimum absolute atomic E-state index is 0.0584. The molecule has 0 saturated carbocycles. The number of fused-ring (bicyclic) bond motifs is 1. The number of aromatic nitrogens is 4. The van der Waals surface area contributed by atoms with Crippen LogP contribution in [0.5, 0.6) is 0 Å². The highest BCUT2D eigenvalue weighted by Gasteiger charge is 2.30. The van der Waals surface area contributed by atoms with E-state index in [0.29, 0.717) is 25.2 Å². The van der Waals surface area contributed by atoms with Gasteiger partial charge in [-0.2, -0.15) is 5.10 Å². The lowest BCUT2D eigenvalue weighted by atomic mass is 9.98. The zero-order valence-corrected chi connectivity index (χ0v) is 12.0. The van der Waals surface area contributed by atoms with Crippen LogP contribution in [-0.4, -0.2) is 32.7 Å². The lowest BCUT2D eigenvalue weighted by Gasteiger charge is -2.26. The van der Waals surface area contributed by atoms with Crippen LogP contribution >= 0.6 is 0 Å². The predicted molar refractivity (Wildman–Crippen MR) is 74.2 cm³/mol. The van der Waals surface area contributed by atoms with Gasteiger partial charge >= 0.3 is 0 Å². The summed E-state index contributed by atoms with van der Waals surface area (Å²) in [5.74, 6) is 0.798. The van der Waals surface area contributed by atoms with Crippen molar-refractivity contribution in [2.75, 3.05) is 11.9 Å². The molecule has 0 aromatic carbocycles. The summed E-state index contributed by atoms with van der Waals surface area (Å²) in [7, 11) is 1.55. The van der Waals surface area contributed by atoms with E-state index in [2.05, 4.69) is 15.1 Å². The number of halogens is 1. The molecule has 6 nitrogen and oxygen atoms in total. The number of pyridine rings is 1. The van der Waals surface area contributed by atoms with Crippen LogP contribution in [0.15, 0.2) is 18.3 Å². The molecule has 0 aliphatic carbocycles. The SMILES string of the molecule is Cc1nc2n(n1)C[C@@H](C(=O)N(C)c1ncccc1F)CC2. The number of carbonyl (C=O) groups is 1. The van der Waals surface area contributed by atoms with E-state index in [-0.39, 0.29) is 17.6 Å². The fourth-order valence-corrected chi connectivity index (χ4v) is 2.64. The normalized spacial score (nSPS) is 17.4. The summed E-state index contributed by atoms with van der Waals surface area (Å²) >= 11 is 0. The summed E-state index contributed by atoms with van der Waals surface area (Å²) in [5.41, 5.74) is 0. The maximum atomic E-state index is 13.7. The average Bonchev–Trinajstić information content (AvgIpc) is 2.85. The fourth-order valence-electron chi connectivity index (χ4n) is 2.64. The van der Waals surface area contributed by atoms with Gasteiger partial charge in [-0.05, 0) is 25.5 Å². The summed E-state index contributed by atoms with van der Waals surface area (Å²) < 4.78 is 15.5. The van der Waals surface area contributed by atoms with Crippen molar-refractivity contribution in [2.24, 2.45) is 5.92 Å².